The van der Waals surface area contributed by atoms with Crippen molar-refractivity contribution in [3.63, 3.8) is 0 Å². The molecule has 1 saturated carbocycles. The number of hydrogen-bond acceptors (Lipinski definition) is 4. The summed E-state index contributed by atoms with van der Waals surface area (Å²) in [4.78, 5) is 3.45. The smallest absolute Gasteiger partial charge is 0.329 e. The molecule has 1 fully saturated rings. The van der Waals surface area contributed by atoms with Gasteiger partial charge in [-0.1, -0.05) is 31.3 Å². The molecule has 102 valence electrons. The van der Waals surface area contributed by atoms with Gasteiger partial charge in [-0.25, -0.2) is 0 Å². The SMILES string of the molecule is CCC1CCCCC1(N)c1noc(C(F)(F)F)n1. The van der Waals surface area contributed by atoms with E-state index in [4.69, 9.17) is 5.73 Å². The van der Waals surface area contributed by atoms with Gasteiger partial charge in [0.15, 0.2) is 5.82 Å². The fourth-order valence-corrected chi connectivity index (χ4v) is 2.66. The van der Waals surface area contributed by atoms with Crippen molar-refractivity contribution in [3.8, 4) is 0 Å². The average molecular weight is 263 g/mol. The molecule has 1 heterocycles. The Morgan fingerprint density at radius 3 is 2.72 bits per heavy atom. The van der Waals surface area contributed by atoms with Crippen LogP contribution in [0.25, 0.3) is 0 Å². The minimum Gasteiger partial charge on any atom is -0.329 e. The van der Waals surface area contributed by atoms with Gasteiger partial charge in [-0.2, -0.15) is 18.2 Å². The summed E-state index contributed by atoms with van der Waals surface area (Å²) in [6.07, 6.45) is -0.403. The van der Waals surface area contributed by atoms with E-state index in [-0.39, 0.29) is 11.7 Å². The summed E-state index contributed by atoms with van der Waals surface area (Å²) in [5.41, 5.74) is 5.35. The van der Waals surface area contributed by atoms with E-state index in [9.17, 15) is 13.2 Å². The first kappa shape index (κ1) is 13.3. The molecule has 0 saturated heterocycles. The molecular formula is C11H16F3N3O. The van der Waals surface area contributed by atoms with E-state index in [1.54, 1.807) is 0 Å². The predicted molar refractivity (Wildman–Crippen MR) is 57.4 cm³/mol. The van der Waals surface area contributed by atoms with Crippen LogP contribution < -0.4 is 5.73 Å². The van der Waals surface area contributed by atoms with Gasteiger partial charge in [0.05, 0.1) is 5.54 Å². The highest BCUT2D eigenvalue weighted by Crippen LogP contribution is 2.41. The standard InChI is InChI=1S/C11H16F3N3O/c1-2-7-5-3-4-6-10(7,15)8-16-9(18-17-8)11(12,13)14/h7H,2-6,15H2,1H3. The zero-order chi connectivity index (χ0) is 13.4. The summed E-state index contributed by atoms with van der Waals surface area (Å²) >= 11 is 0. The van der Waals surface area contributed by atoms with Gasteiger partial charge < -0.3 is 10.3 Å². The molecule has 1 aliphatic carbocycles. The zero-order valence-electron chi connectivity index (χ0n) is 10.1. The van der Waals surface area contributed by atoms with Gasteiger partial charge in [-0.05, 0) is 18.8 Å². The molecule has 2 unspecified atom stereocenters. The molecular weight excluding hydrogens is 247 g/mol. The molecule has 4 nitrogen and oxygen atoms in total. The predicted octanol–water partition coefficient (Wildman–Crippen LogP) is 2.84. The largest absolute Gasteiger partial charge is 0.471 e. The quantitative estimate of drug-likeness (QED) is 0.891. The van der Waals surface area contributed by atoms with Crippen molar-refractivity contribution in [1.82, 2.24) is 10.1 Å². The number of halogens is 3. The Labute approximate surface area is 103 Å². The fraction of sp³-hybridized carbons (Fsp3) is 0.818. The van der Waals surface area contributed by atoms with Gasteiger partial charge in [0.2, 0.25) is 0 Å². The van der Waals surface area contributed by atoms with Crippen LogP contribution in [0.5, 0.6) is 0 Å². The molecule has 1 aromatic heterocycles. The van der Waals surface area contributed by atoms with E-state index in [1.165, 1.54) is 0 Å². The third kappa shape index (κ3) is 2.23. The molecule has 18 heavy (non-hydrogen) atoms. The Balaban J connectivity index is 2.31. The lowest BCUT2D eigenvalue weighted by Crippen LogP contribution is -2.47. The van der Waals surface area contributed by atoms with Crippen molar-refractivity contribution in [1.29, 1.82) is 0 Å². The maximum atomic E-state index is 12.4. The molecule has 1 aromatic rings. The minimum atomic E-state index is -4.61. The first-order valence-electron chi connectivity index (χ1n) is 6.08. The van der Waals surface area contributed by atoms with E-state index < -0.39 is 17.6 Å². The van der Waals surface area contributed by atoms with Crippen LogP contribution >= 0.6 is 0 Å². The van der Waals surface area contributed by atoms with Crippen LogP contribution in [0.3, 0.4) is 0 Å². The number of nitrogens with two attached hydrogens (primary N) is 1. The molecule has 0 radical (unpaired) electrons. The van der Waals surface area contributed by atoms with Gasteiger partial charge in [0.1, 0.15) is 0 Å². The van der Waals surface area contributed by atoms with Crippen molar-refractivity contribution in [3.05, 3.63) is 11.7 Å². The Morgan fingerprint density at radius 1 is 1.44 bits per heavy atom. The summed E-state index contributed by atoms with van der Waals surface area (Å²) < 4.78 is 41.6. The second-order valence-electron chi connectivity index (χ2n) is 4.81. The van der Waals surface area contributed by atoms with Crippen molar-refractivity contribution in [2.45, 2.75) is 50.7 Å². The maximum Gasteiger partial charge on any atom is 0.471 e. The van der Waals surface area contributed by atoms with Crippen molar-refractivity contribution < 1.29 is 17.7 Å². The normalized spacial score (nSPS) is 29.5. The Kier molecular flexibility index (Phi) is 3.35. The number of aromatic nitrogens is 2. The molecule has 2 N–H and O–H groups in total. The van der Waals surface area contributed by atoms with Gasteiger partial charge in [0, 0.05) is 0 Å². The minimum absolute atomic E-state index is 0.0126. The van der Waals surface area contributed by atoms with E-state index in [2.05, 4.69) is 14.7 Å². The van der Waals surface area contributed by atoms with Gasteiger partial charge in [-0.15, -0.1) is 0 Å². The summed E-state index contributed by atoms with van der Waals surface area (Å²) in [7, 11) is 0. The lowest BCUT2D eigenvalue weighted by molar-refractivity contribution is -0.159. The van der Waals surface area contributed by atoms with Gasteiger partial charge >= 0.3 is 12.1 Å². The van der Waals surface area contributed by atoms with Crippen LogP contribution in [-0.2, 0) is 11.7 Å². The molecule has 0 aromatic carbocycles. The second kappa shape index (κ2) is 4.53. The number of hydrogen-bond donors (Lipinski definition) is 1. The summed E-state index contributed by atoms with van der Waals surface area (Å²) in [6, 6.07) is 0. The number of alkyl halides is 3. The van der Waals surface area contributed by atoms with Crippen LogP contribution in [0.4, 0.5) is 13.2 Å². The highest BCUT2D eigenvalue weighted by atomic mass is 19.4. The van der Waals surface area contributed by atoms with Crippen molar-refractivity contribution in [2.75, 3.05) is 0 Å². The van der Waals surface area contributed by atoms with E-state index >= 15 is 0 Å². The lowest BCUT2D eigenvalue weighted by Gasteiger charge is -2.38. The van der Waals surface area contributed by atoms with Crippen LogP contribution in [0.1, 0.15) is 50.7 Å². The molecule has 0 amide bonds. The molecule has 7 heteroatoms. The maximum absolute atomic E-state index is 12.4. The molecule has 2 rings (SSSR count). The molecule has 1 aliphatic rings. The lowest BCUT2D eigenvalue weighted by atomic mass is 9.71. The number of nitrogens with zero attached hydrogens (tertiary/aromatic N) is 2. The average Bonchev–Trinajstić information content (AvgIpc) is 2.79. The fourth-order valence-electron chi connectivity index (χ4n) is 2.66. The number of rotatable bonds is 2. The molecule has 0 bridgehead atoms. The van der Waals surface area contributed by atoms with Crippen LogP contribution in [-0.4, -0.2) is 10.1 Å². The van der Waals surface area contributed by atoms with Crippen molar-refractivity contribution >= 4 is 0 Å². The van der Waals surface area contributed by atoms with E-state index in [1.807, 2.05) is 6.92 Å². The zero-order valence-corrected chi connectivity index (χ0v) is 10.1. The highest BCUT2D eigenvalue weighted by molar-refractivity contribution is 5.09. The molecule has 0 spiro atoms. The van der Waals surface area contributed by atoms with Crippen LogP contribution in [0.15, 0.2) is 4.52 Å². The Hall–Kier alpha value is -1.11. The summed E-state index contributed by atoms with van der Waals surface area (Å²) in [5.74, 6) is -1.23. The van der Waals surface area contributed by atoms with Gasteiger partial charge in [0.25, 0.3) is 0 Å². The molecule has 2 atom stereocenters. The monoisotopic (exact) mass is 263 g/mol. The van der Waals surface area contributed by atoms with Gasteiger partial charge in [-0.3, -0.25) is 0 Å². The van der Waals surface area contributed by atoms with Crippen LogP contribution in [0.2, 0.25) is 0 Å². The van der Waals surface area contributed by atoms with Crippen LogP contribution in [0, 0.1) is 5.92 Å². The van der Waals surface area contributed by atoms with E-state index in [0.29, 0.717) is 6.42 Å². The summed E-state index contributed by atoms with van der Waals surface area (Å²) in [6.45, 7) is 1.97. The Morgan fingerprint density at radius 2 is 2.17 bits per heavy atom. The van der Waals surface area contributed by atoms with Crippen molar-refractivity contribution in [2.24, 2.45) is 11.7 Å². The topological polar surface area (TPSA) is 64.9 Å². The second-order valence-corrected chi connectivity index (χ2v) is 4.81. The third-order valence-electron chi connectivity index (χ3n) is 3.70. The summed E-state index contributed by atoms with van der Waals surface area (Å²) in [5, 5.41) is 3.45. The highest BCUT2D eigenvalue weighted by Gasteiger charge is 2.45. The third-order valence-corrected chi connectivity index (χ3v) is 3.70. The first-order valence-corrected chi connectivity index (χ1v) is 6.08. The molecule has 0 aliphatic heterocycles. The van der Waals surface area contributed by atoms with E-state index in [0.717, 1.165) is 25.7 Å². The Bertz CT molecular complexity index is 418. The first-order chi connectivity index (χ1) is 8.38.